The van der Waals surface area contributed by atoms with Gasteiger partial charge in [0.2, 0.25) is 0 Å². The number of carbonyl (C=O) groups excluding carboxylic acids is 1. The Kier molecular flexibility index (Phi) is 3.33. The SMILES string of the molecule is Cc1cc(C)n2nc(C)c(C(=O)N3CC(c4ccncc4)C3)c2n1. The number of nitrogens with zero attached hydrogens (tertiary/aromatic N) is 5. The molecule has 1 amide bonds. The van der Waals surface area contributed by atoms with Crippen LogP contribution < -0.4 is 0 Å². The lowest BCUT2D eigenvalue weighted by Crippen LogP contribution is -2.48. The van der Waals surface area contributed by atoms with E-state index in [9.17, 15) is 4.79 Å². The lowest BCUT2D eigenvalue weighted by molar-refractivity contribution is 0.0603. The van der Waals surface area contributed by atoms with E-state index in [-0.39, 0.29) is 5.91 Å². The Balaban J connectivity index is 1.62. The Bertz CT molecular complexity index is 925. The molecule has 0 aromatic carbocycles. The molecule has 1 saturated heterocycles. The van der Waals surface area contributed by atoms with E-state index < -0.39 is 0 Å². The Morgan fingerprint density at radius 3 is 2.58 bits per heavy atom. The van der Waals surface area contributed by atoms with Crippen molar-refractivity contribution >= 4 is 11.6 Å². The van der Waals surface area contributed by atoms with Gasteiger partial charge in [0.05, 0.1) is 5.69 Å². The summed E-state index contributed by atoms with van der Waals surface area (Å²) in [5, 5.41) is 4.49. The summed E-state index contributed by atoms with van der Waals surface area (Å²) in [4.78, 5) is 23.4. The molecule has 1 aliphatic rings. The van der Waals surface area contributed by atoms with Crippen LogP contribution in [0.2, 0.25) is 0 Å². The summed E-state index contributed by atoms with van der Waals surface area (Å²) < 4.78 is 1.76. The zero-order valence-electron chi connectivity index (χ0n) is 14.0. The first-order valence-corrected chi connectivity index (χ1v) is 8.07. The topological polar surface area (TPSA) is 63.4 Å². The Labute approximate surface area is 140 Å². The van der Waals surface area contributed by atoms with E-state index in [1.807, 2.05) is 43.9 Å². The van der Waals surface area contributed by atoms with Crippen molar-refractivity contribution in [3.63, 3.8) is 0 Å². The highest BCUT2D eigenvalue weighted by Gasteiger charge is 2.34. The molecule has 0 atom stereocenters. The summed E-state index contributed by atoms with van der Waals surface area (Å²) in [6.45, 7) is 7.24. The molecule has 122 valence electrons. The summed E-state index contributed by atoms with van der Waals surface area (Å²) in [7, 11) is 0. The van der Waals surface area contributed by atoms with E-state index in [2.05, 4.69) is 15.1 Å². The van der Waals surface area contributed by atoms with Gasteiger partial charge in [0, 0.05) is 42.8 Å². The molecule has 3 aromatic heterocycles. The van der Waals surface area contributed by atoms with Crippen molar-refractivity contribution in [1.82, 2.24) is 24.5 Å². The van der Waals surface area contributed by atoms with Crippen molar-refractivity contribution in [1.29, 1.82) is 0 Å². The number of fused-ring (bicyclic) bond motifs is 1. The van der Waals surface area contributed by atoms with Gasteiger partial charge in [-0.15, -0.1) is 0 Å². The summed E-state index contributed by atoms with van der Waals surface area (Å²) in [5.74, 6) is 0.404. The molecular formula is C18H19N5O. The van der Waals surface area contributed by atoms with E-state index in [0.29, 0.717) is 17.1 Å². The molecule has 0 aliphatic carbocycles. The Morgan fingerprint density at radius 1 is 1.17 bits per heavy atom. The molecule has 0 saturated carbocycles. The first-order valence-electron chi connectivity index (χ1n) is 8.07. The number of carbonyl (C=O) groups is 1. The molecule has 24 heavy (non-hydrogen) atoms. The lowest BCUT2D eigenvalue weighted by atomic mass is 9.91. The molecule has 1 fully saturated rings. The van der Waals surface area contributed by atoms with Gasteiger partial charge in [-0.2, -0.15) is 5.10 Å². The zero-order chi connectivity index (χ0) is 16.8. The molecular weight excluding hydrogens is 302 g/mol. The van der Waals surface area contributed by atoms with Crippen molar-refractivity contribution in [2.45, 2.75) is 26.7 Å². The molecule has 4 rings (SSSR count). The minimum absolute atomic E-state index is 0.0188. The predicted molar refractivity (Wildman–Crippen MR) is 90.1 cm³/mol. The number of aromatic nitrogens is 4. The maximum absolute atomic E-state index is 12.9. The summed E-state index contributed by atoms with van der Waals surface area (Å²) in [5.41, 5.74) is 5.12. The molecule has 0 unspecified atom stereocenters. The third kappa shape index (κ3) is 2.26. The maximum Gasteiger partial charge on any atom is 0.259 e. The fourth-order valence-corrected chi connectivity index (χ4v) is 3.33. The van der Waals surface area contributed by atoms with Crippen LogP contribution in [0.4, 0.5) is 0 Å². The normalized spacial score (nSPS) is 14.9. The Hall–Kier alpha value is -2.76. The highest BCUT2D eigenvalue weighted by Crippen LogP contribution is 2.29. The number of rotatable bonds is 2. The van der Waals surface area contributed by atoms with Gasteiger partial charge in [0.1, 0.15) is 5.56 Å². The molecule has 0 spiro atoms. The maximum atomic E-state index is 12.9. The molecule has 4 heterocycles. The number of hydrogen-bond acceptors (Lipinski definition) is 4. The van der Waals surface area contributed by atoms with Gasteiger partial charge in [-0.05, 0) is 44.5 Å². The minimum atomic E-state index is 0.0188. The van der Waals surface area contributed by atoms with Gasteiger partial charge in [-0.3, -0.25) is 9.78 Å². The standard InChI is InChI=1S/C18H19N5O/c1-11-8-12(2)23-17(20-11)16(13(3)21-23)18(24)22-9-15(10-22)14-4-6-19-7-5-14/h4-8,15H,9-10H2,1-3H3. The van der Waals surface area contributed by atoms with Gasteiger partial charge in [0.15, 0.2) is 5.65 Å². The molecule has 3 aromatic rings. The first kappa shape index (κ1) is 14.8. The second kappa shape index (κ2) is 5.40. The van der Waals surface area contributed by atoms with Crippen LogP contribution in [-0.4, -0.2) is 43.5 Å². The van der Waals surface area contributed by atoms with Crippen LogP contribution in [0.5, 0.6) is 0 Å². The largest absolute Gasteiger partial charge is 0.337 e. The van der Waals surface area contributed by atoms with Crippen LogP contribution in [0, 0.1) is 20.8 Å². The number of hydrogen-bond donors (Lipinski definition) is 0. The van der Waals surface area contributed by atoms with E-state index >= 15 is 0 Å². The van der Waals surface area contributed by atoms with Crippen LogP contribution in [0.1, 0.15) is 38.9 Å². The van der Waals surface area contributed by atoms with Crippen LogP contribution >= 0.6 is 0 Å². The molecule has 0 bridgehead atoms. The summed E-state index contributed by atoms with van der Waals surface area (Å²) in [6, 6.07) is 6.00. The number of pyridine rings is 1. The molecule has 1 aliphatic heterocycles. The molecule has 6 heteroatoms. The fourth-order valence-electron chi connectivity index (χ4n) is 3.33. The van der Waals surface area contributed by atoms with Crippen LogP contribution in [0.3, 0.4) is 0 Å². The molecule has 0 N–H and O–H groups in total. The van der Waals surface area contributed by atoms with Gasteiger partial charge < -0.3 is 4.90 Å². The third-order valence-electron chi connectivity index (χ3n) is 4.63. The van der Waals surface area contributed by atoms with Gasteiger partial charge in [-0.25, -0.2) is 9.50 Å². The van der Waals surface area contributed by atoms with Gasteiger partial charge in [-0.1, -0.05) is 0 Å². The van der Waals surface area contributed by atoms with E-state index in [4.69, 9.17) is 0 Å². The van der Waals surface area contributed by atoms with Crippen molar-refractivity contribution in [3.8, 4) is 0 Å². The third-order valence-corrected chi connectivity index (χ3v) is 4.63. The quantitative estimate of drug-likeness (QED) is 0.726. The molecule has 6 nitrogen and oxygen atoms in total. The van der Waals surface area contributed by atoms with Crippen molar-refractivity contribution in [3.05, 3.63) is 58.8 Å². The number of aryl methyl sites for hydroxylation is 3. The molecule has 0 radical (unpaired) electrons. The van der Waals surface area contributed by atoms with Gasteiger partial charge >= 0.3 is 0 Å². The lowest BCUT2D eigenvalue weighted by Gasteiger charge is -2.39. The van der Waals surface area contributed by atoms with Crippen LogP contribution in [-0.2, 0) is 0 Å². The van der Waals surface area contributed by atoms with Crippen molar-refractivity contribution in [2.24, 2.45) is 0 Å². The predicted octanol–water partition coefficient (Wildman–Crippen LogP) is 2.29. The average Bonchev–Trinajstić information content (AvgIpc) is 2.83. The van der Waals surface area contributed by atoms with Crippen LogP contribution in [0.25, 0.3) is 5.65 Å². The van der Waals surface area contributed by atoms with E-state index in [0.717, 1.165) is 30.2 Å². The highest BCUT2D eigenvalue weighted by atomic mass is 16.2. The van der Waals surface area contributed by atoms with E-state index in [1.54, 1.807) is 16.9 Å². The van der Waals surface area contributed by atoms with Crippen molar-refractivity contribution in [2.75, 3.05) is 13.1 Å². The second-order valence-electron chi connectivity index (χ2n) is 6.42. The van der Waals surface area contributed by atoms with Gasteiger partial charge in [0.25, 0.3) is 5.91 Å². The van der Waals surface area contributed by atoms with Crippen LogP contribution in [0.15, 0.2) is 30.6 Å². The van der Waals surface area contributed by atoms with Crippen molar-refractivity contribution < 1.29 is 4.79 Å². The summed E-state index contributed by atoms with van der Waals surface area (Å²) in [6.07, 6.45) is 3.59. The zero-order valence-corrected chi connectivity index (χ0v) is 14.0. The number of amides is 1. The van der Waals surface area contributed by atoms with E-state index in [1.165, 1.54) is 5.56 Å². The minimum Gasteiger partial charge on any atom is -0.337 e. The second-order valence-corrected chi connectivity index (χ2v) is 6.42. The average molecular weight is 321 g/mol. The Morgan fingerprint density at radius 2 is 1.88 bits per heavy atom. The monoisotopic (exact) mass is 321 g/mol. The number of likely N-dealkylation sites (tertiary alicyclic amines) is 1. The first-order chi connectivity index (χ1) is 11.5. The smallest absolute Gasteiger partial charge is 0.259 e. The fraction of sp³-hybridized carbons (Fsp3) is 0.333. The highest BCUT2D eigenvalue weighted by molar-refractivity contribution is 6.01. The summed E-state index contributed by atoms with van der Waals surface area (Å²) >= 11 is 0.